The lowest BCUT2D eigenvalue weighted by Crippen LogP contribution is -2.32. The van der Waals surface area contributed by atoms with E-state index in [0.29, 0.717) is 17.7 Å². The Bertz CT molecular complexity index is 738. The van der Waals surface area contributed by atoms with Gasteiger partial charge >= 0.3 is 6.18 Å². The molecule has 1 aliphatic rings. The monoisotopic (exact) mass is 363 g/mol. The first-order valence-electron chi connectivity index (χ1n) is 8.45. The van der Waals surface area contributed by atoms with Gasteiger partial charge in [0, 0.05) is 17.5 Å². The van der Waals surface area contributed by atoms with Crippen LogP contribution in [0.1, 0.15) is 34.3 Å². The van der Waals surface area contributed by atoms with E-state index in [9.17, 15) is 18.0 Å². The van der Waals surface area contributed by atoms with E-state index in [1.807, 2.05) is 18.2 Å². The Balaban J connectivity index is 1.51. The van der Waals surface area contributed by atoms with Gasteiger partial charge in [-0.25, -0.2) is 0 Å². The summed E-state index contributed by atoms with van der Waals surface area (Å²) >= 11 is 0. The minimum atomic E-state index is -4.34. The van der Waals surface area contributed by atoms with Gasteiger partial charge in [0.15, 0.2) is 0 Å². The largest absolute Gasteiger partial charge is 0.411 e. The number of ether oxygens (including phenoxy) is 1. The van der Waals surface area contributed by atoms with Crippen molar-refractivity contribution in [2.75, 3.05) is 13.2 Å². The van der Waals surface area contributed by atoms with Crippen molar-refractivity contribution in [1.82, 2.24) is 5.32 Å². The highest BCUT2D eigenvalue weighted by atomic mass is 19.4. The van der Waals surface area contributed by atoms with E-state index >= 15 is 0 Å². The molecule has 0 aromatic heterocycles. The maximum atomic E-state index is 12.3. The van der Waals surface area contributed by atoms with Crippen LogP contribution in [0.2, 0.25) is 0 Å². The Morgan fingerprint density at radius 2 is 1.69 bits per heavy atom. The number of benzene rings is 2. The van der Waals surface area contributed by atoms with Crippen LogP contribution in [0.3, 0.4) is 0 Å². The van der Waals surface area contributed by atoms with Crippen LogP contribution < -0.4 is 5.32 Å². The highest BCUT2D eigenvalue weighted by Crippen LogP contribution is 2.47. The van der Waals surface area contributed by atoms with Gasteiger partial charge in [0.05, 0.1) is 6.61 Å². The molecule has 26 heavy (non-hydrogen) atoms. The highest BCUT2D eigenvalue weighted by molar-refractivity contribution is 5.94. The summed E-state index contributed by atoms with van der Waals surface area (Å²) in [5.74, 6) is -0.185. The van der Waals surface area contributed by atoms with Crippen LogP contribution >= 0.6 is 0 Å². The predicted molar refractivity (Wildman–Crippen MR) is 91.8 cm³/mol. The average Bonchev–Trinajstić information content (AvgIpc) is 3.41. The van der Waals surface area contributed by atoms with Crippen LogP contribution in [0.5, 0.6) is 0 Å². The standard InChI is InChI=1S/C20H20F3NO2/c21-20(22,23)14-26-12-15-6-8-16(9-7-15)18(25)24-13-19(10-11-19)17-4-2-1-3-5-17/h1-9H,10-14H2,(H,24,25). The second kappa shape index (κ2) is 7.50. The van der Waals surface area contributed by atoms with Crippen molar-refractivity contribution in [2.24, 2.45) is 0 Å². The Morgan fingerprint density at radius 3 is 2.27 bits per heavy atom. The van der Waals surface area contributed by atoms with Crippen LogP contribution in [-0.2, 0) is 16.8 Å². The molecule has 0 atom stereocenters. The van der Waals surface area contributed by atoms with Crippen molar-refractivity contribution in [2.45, 2.75) is 31.0 Å². The van der Waals surface area contributed by atoms with Gasteiger partial charge in [-0.1, -0.05) is 42.5 Å². The second-order valence-corrected chi connectivity index (χ2v) is 6.63. The lowest BCUT2D eigenvalue weighted by molar-refractivity contribution is -0.176. The number of carbonyl (C=O) groups is 1. The lowest BCUT2D eigenvalue weighted by atomic mass is 9.96. The predicted octanol–water partition coefficient (Wildman–Crippen LogP) is 4.23. The van der Waals surface area contributed by atoms with E-state index in [1.54, 1.807) is 24.3 Å². The van der Waals surface area contributed by atoms with Crippen molar-refractivity contribution < 1.29 is 22.7 Å². The summed E-state index contributed by atoms with van der Waals surface area (Å²) in [5.41, 5.74) is 2.34. The molecule has 6 heteroatoms. The Kier molecular flexibility index (Phi) is 5.32. The van der Waals surface area contributed by atoms with Crippen LogP contribution in [0, 0.1) is 0 Å². The number of nitrogens with one attached hydrogen (secondary N) is 1. The van der Waals surface area contributed by atoms with Gasteiger partial charge in [-0.15, -0.1) is 0 Å². The molecule has 138 valence electrons. The molecule has 2 aromatic carbocycles. The van der Waals surface area contributed by atoms with E-state index in [2.05, 4.69) is 22.2 Å². The van der Waals surface area contributed by atoms with Gasteiger partial charge in [0.25, 0.3) is 5.91 Å². The molecule has 1 amide bonds. The Hall–Kier alpha value is -2.34. The van der Waals surface area contributed by atoms with E-state index in [1.165, 1.54) is 5.56 Å². The van der Waals surface area contributed by atoms with Gasteiger partial charge < -0.3 is 10.1 Å². The molecule has 0 saturated heterocycles. The zero-order valence-electron chi connectivity index (χ0n) is 14.2. The maximum Gasteiger partial charge on any atom is 0.411 e. The molecular weight excluding hydrogens is 343 g/mol. The SMILES string of the molecule is O=C(NCC1(c2ccccc2)CC1)c1ccc(COCC(F)(F)F)cc1. The topological polar surface area (TPSA) is 38.3 Å². The van der Waals surface area contributed by atoms with E-state index in [4.69, 9.17) is 0 Å². The number of hydrogen-bond acceptors (Lipinski definition) is 2. The summed E-state index contributed by atoms with van der Waals surface area (Å²) in [6.45, 7) is -0.846. The average molecular weight is 363 g/mol. The van der Waals surface area contributed by atoms with E-state index in [0.717, 1.165) is 12.8 Å². The second-order valence-electron chi connectivity index (χ2n) is 6.63. The third-order valence-electron chi connectivity index (χ3n) is 4.58. The molecule has 0 aliphatic heterocycles. The zero-order chi connectivity index (χ0) is 18.6. The molecule has 1 fully saturated rings. The number of amides is 1. The van der Waals surface area contributed by atoms with Crippen molar-refractivity contribution >= 4 is 5.91 Å². The van der Waals surface area contributed by atoms with Crippen molar-refractivity contribution in [3.63, 3.8) is 0 Å². The minimum absolute atomic E-state index is 0.0301. The highest BCUT2D eigenvalue weighted by Gasteiger charge is 2.44. The molecule has 2 aromatic rings. The van der Waals surface area contributed by atoms with Crippen LogP contribution in [-0.4, -0.2) is 25.2 Å². The fraction of sp³-hybridized carbons (Fsp3) is 0.350. The third-order valence-corrected chi connectivity index (χ3v) is 4.58. The molecule has 1 aliphatic carbocycles. The molecule has 0 bridgehead atoms. The number of carbonyl (C=O) groups excluding carboxylic acids is 1. The molecule has 3 nitrogen and oxygen atoms in total. The van der Waals surface area contributed by atoms with Crippen LogP contribution in [0.25, 0.3) is 0 Å². The molecule has 0 spiro atoms. The number of halogens is 3. The molecule has 1 N–H and O–H groups in total. The van der Waals surface area contributed by atoms with Crippen molar-refractivity contribution in [1.29, 1.82) is 0 Å². The number of alkyl halides is 3. The summed E-state index contributed by atoms with van der Waals surface area (Å²) in [4.78, 5) is 12.3. The molecule has 3 rings (SSSR count). The number of rotatable bonds is 7. The van der Waals surface area contributed by atoms with Crippen LogP contribution in [0.15, 0.2) is 54.6 Å². The lowest BCUT2D eigenvalue weighted by Gasteiger charge is -2.16. The molecule has 1 saturated carbocycles. The quantitative estimate of drug-likeness (QED) is 0.800. The normalized spacial score (nSPS) is 15.5. The van der Waals surface area contributed by atoms with Gasteiger partial charge in [0.2, 0.25) is 0 Å². The molecule has 0 unspecified atom stereocenters. The van der Waals surface area contributed by atoms with E-state index < -0.39 is 12.8 Å². The Labute approximate surface area is 150 Å². The van der Waals surface area contributed by atoms with Gasteiger partial charge in [-0.3, -0.25) is 4.79 Å². The number of hydrogen-bond donors (Lipinski definition) is 1. The van der Waals surface area contributed by atoms with E-state index in [-0.39, 0.29) is 17.9 Å². The molecule has 0 heterocycles. The zero-order valence-corrected chi connectivity index (χ0v) is 14.2. The first-order chi connectivity index (χ1) is 12.4. The summed E-state index contributed by atoms with van der Waals surface area (Å²) in [7, 11) is 0. The van der Waals surface area contributed by atoms with Gasteiger partial charge in [-0.2, -0.15) is 13.2 Å². The fourth-order valence-corrected chi connectivity index (χ4v) is 2.90. The molecule has 0 radical (unpaired) electrons. The summed E-state index contributed by atoms with van der Waals surface area (Å²) < 4.78 is 40.8. The van der Waals surface area contributed by atoms with Crippen molar-refractivity contribution in [3.05, 3.63) is 71.3 Å². The van der Waals surface area contributed by atoms with Crippen molar-refractivity contribution in [3.8, 4) is 0 Å². The summed E-state index contributed by atoms with van der Waals surface area (Å²) in [6.07, 6.45) is -2.24. The Morgan fingerprint density at radius 1 is 1.04 bits per heavy atom. The minimum Gasteiger partial charge on any atom is -0.367 e. The van der Waals surface area contributed by atoms with Gasteiger partial charge in [-0.05, 0) is 36.1 Å². The maximum absolute atomic E-state index is 12.3. The molecular formula is C20H20F3NO2. The third kappa shape index (κ3) is 4.85. The van der Waals surface area contributed by atoms with Gasteiger partial charge in [0.1, 0.15) is 6.61 Å². The summed E-state index contributed by atoms with van der Waals surface area (Å²) in [5, 5.41) is 2.96. The smallest absolute Gasteiger partial charge is 0.367 e. The fourth-order valence-electron chi connectivity index (χ4n) is 2.90. The first-order valence-corrected chi connectivity index (χ1v) is 8.45. The first kappa shape index (κ1) is 18.5. The summed E-state index contributed by atoms with van der Waals surface area (Å²) in [6, 6.07) is 16.5. The van der Waals surface area contributed by atoms with Crippen LogP contribution in [0.4, 0.5) is 13.2 Å².